The largest absolute Gasteiger partial charge is 0.405 e. The van der Waals surface area contributed by atoms with E-state index in [0.29, 0.717) is 13.8 Å². The van der Waals surface area contributed by atoms with Gasteiger partial charge in [-0.3, -0.25) is 23.9 Å². The molecule has 1 saturated heterocycles. The fourth-order valence-corrected chi connectivity index (χ4v) is 4.30. The van der Waals surface area contributed by atoms with E-state index in [2.05, 4.69) is 9.47 Å². The Morgan fingerprint density at radius 1 is 0.756 bits per heavy atom. The molecule has 17 N–H and O–H groups in total. The van der Waals surface area contributed by atoms with Crippen LogP contribution in [0, 0.1) is 11.8 Å². The van der Waals surface area contributed by atoms with Gasteiger partial charge in [-0.05, 0) is 6.92 Å². The molecule has 0 spiro atoms. The van der Waals surface area contributed by atoms with E-state index in [9.17, 15) is 101 Å². The summed E-state index contributed by atoms with van der Waals surface area (Å²) in [4.78, 5) is 49.9. The van der Waals surface area contributed by atoms with Gasteiger partial charge in [0.1, 0.15) is 5.92 Å². The second kappa shape index (κ2) is 9.64. The first-order chi connectivity index (χ1) is 17.9. The van der Waals surface area contributed by atoms with E-state index in [1.54, 1.807) is 0 Å². The van der Waals surface area contributed by atoms with Gasteiger partial charge in [0, 0.05) is 5.92 Å². The van der Waals surface area contributed by atoms with Crippen molar-refractivity contribution in [2.24, 2.45) is 11.8 Å². The quantitative estimate of drug-likeness (QED) is 0.0807. The van der Waals surface area contributed by atoms with Gasteiger partial charge in [0.05, 0.1) is 0 Å². The lowest BCUT2D eigenvalue weighted by Gasteiger charge is -2.42. The third kappa shape index (κ3) is 4.85. The third-order valence-electron chi connectivity index (χ3n) is 6.58. The molecule has 0 radical (unpaired) electrons. The van der Waals surface area contributed by atoms with Crippen molar-refractivity contribution in [2.45, 2.75) is 72.8 Å². The lowest BCUT2D eigenvalue weighted by atomic mass is 9.80. The van der Waals surface area contributed by atoms with Crippen molar-refractivity contribution in [3.8, 4) is 0 Å². The summed E-state index contributed by atoms with van der Waals surface area (Å²) < 4.78 is 8.32. The first kappa shape index (κ1) is 35.0. The van der Waals surface area contributed by atoms with Crippen molar-refractivity contribution in [2.75, 3.05) is 0 Å². The highest BCUT2D eigenvalue weighted by Crippen LogP contribution is 2.55. The van der Waals surface area contributed by atoms with Crippen LogP contribution in [-0.2, 0) is 28.7 Å². The van der Waals surface area contributed by atoms with Crippen molar-refractivity contribution in [1.82, 2.24) is 5.32 Å². The SMILES string of the molecule is CC(=O)C(OC1(O)C(O)(O)C(O)(O)C(O)(O)C1(O)O)C(OC(O)(O)O)C(=O)C(=O)C(C)C1C(O)(O)NC(=O)C1(O)O. The van der Waals surface area contributed by atoms with Gasteiger partial charge in [-0.25, -0.2) is 0 Å². The second-order valence-electron chi connectivity index (χ2n) is 9.50. The Labute approximate surface area is 224 Å². The highest BCUT2D eigenvalue weighted by molar-refractivity contribution is 6.40. The Hall–Kier alpha value is -2.24. The monoisotopic (exact) mass is 609 g/mol. The van der Waals surface area contributed by atoms with Crippen LogP contribution in [0.4, 0.5) is 0 Å². The minimum absolute atomic E-state index is 0.302. The average molecular weight is 609 g/mol. The van der Waals surface area contributed by atoms with E-state index in [0.717, 1.165) is 0 Å². The van der Waals surface area contributed by atoms with Gasteiger partial charge < -0.3 is 91.8 Å². The molecule has 41 heavy (non-hydrogen) atoms. The first-order valence-electron chi connectivity index (χ1n) is 10.7. The van der Waals surface area contributed by atoms with Gasteiger partial charge >= 0.3 is 6.16 Å². The minimum atomic E-state index is -5.09. The Kier molecular flexibility index (Phi) is 8.22. The molecule has 236 valence electrons. The van der Waals surface area contributed by atoms with Crippen LogP contribution < -0.4 is 5.32 Å². The van der Waals surface area contributed by atoms with Gasteiger partial charge in [-0.1, -0.05) is 6.92 Å². The van der Waals surface area contributed by atoms with Crippen molar-refractivity contribution in [1.29, 1.82) is 0 Å². The summed E-state index contributed by atoms with van der Waals surface area (Å²) in [5.74, 6) is -46.2. The number of Topliss-reactive ketones (excluding diaryl/α,β-unsaturated/α-hetero) is 3. The molecule has 2 rings (SSSR count). The van der Waals surface area contributed by atoms with Crippen LogP contribution in [-0.4, -0.2) is 164 Å². The summed E-state index contributed by atoms with van der Waals surface area (Å²) in [6.45, 7) is 0.829. The molecule has 1 aliphatic heterocycles. The van der Waals surface area contributed by atoms with Crippen molar-refractivity contribution in [3.63, 3.8) is 0 Å². The topological polar surface area (TPSA) is 422 Å². The summed E-state index contributed by atoms with van der Waals surface area (Å²) in [6, 6.07) is 0. The Morgan fingerprint density at radius 2 is 1.17 bits per heavy atom. The maximum atomic E-state index is 13.0. The predicted molar refractivity (Wildman–Crippen MR) is 109 cm³/mol. The molecule has 0 bridgehead atoms. The minimum Gasteiger partial charge on any atom is -0.358 e. The first-order valence-corrected chi connectivity index (χ1v) is 10.7. The van der Waals surface area contributed by atoms with Gasteiger partial charge in [0.25, 0.3) is 46.5 Å². The zero-order valence-corrected chi connectivity index (χ0v) is 20.4. The van der Waals surface area contributed by atoms with Gasteiger partial charge in [-0.2, -0.15) is 0 Å². The van der Waals surface area contributed by atoms with Gasteiger partial charge in [-0.15, -0.1) is 0 Å². The van der Waals surface area contributed by atoms with Crippen molar-refractivity contribution >= 4 is 23.3 Å². The number of carbonyl (C=O) groups is 4. The highest BCUT2D eigenvalue weighted by atomic mass is 16.9. The number of ketones is 3. The maximum Gasteiger partial charge on any atom is 0.405 e. The van der Waals surface area contributed by atoms with Gasteiger partial charge in [0.2, 0.25) is 11.6 Å². The van der Waals surface area contributed by atoms with Crippen LogP contribution in [0.3, 0.4) is 0 Å². The highest BCUT2D eigenvalue weighted by Gasteiger charge is 2.92. The molecular weight excluding hydrogens is 582 g/mol. The smallest absolute Gasteiger partial charge is 0.358 e. The molecule has 1 amide bonds. The van der Waals surface area contributed by atoms with Crippen molar-refractivity contribution in [3.05, 3.63) is 0 Å². The summed E-state index contributed by atoms with van der Waals surface area (Å²) in [7, 11) is 0. The van der Waals surface area contributed by atoms with E-state index in [1.165, 1.54) is 5.32 Å². The maximum absolute atomic E-state index is 13.0. The number of ether oxygens (including phenoxy) is 2. The number of amides is 1. The Morgan fingerprint density at radius 3 is 1.49 bits per heavy atom. The fraction of sp³-hybridized carbons (Fsp3) is 0.778. The molecule has 4 atom stereocenters. The fourth-order valence-electron chi connectivity index (χ4n) is 4.30. The molecular formula is C18H27NO22. The summed E-state index contributed by atoms with van der Waals surface area (Å²) in [6.07, 6.45) is -11.4. The van der Waals surface area contributed by atoms with E-state index in [1.807, 2.05) is 0 Å². The van der Waals surface area contributed by atoms with Crippen LogP contribution in [0.2, 0.25) is 0 Å². The van der Waals surface area contributed by atoms with Crippen LogP contribution in [0.1, 0.15) is 13.8 Å². The van der Waals surface area contributed by atoms with E-state index in [4.69, 9.17) is 0 Å². The Balaban J connectivity index is 2.65. The zero-order chi connectivity index (χ0) is 32.7. The molecule has 1 heterocycles. The molecule has 23 heteroatoms. The van der Waals surface area contributed by atoms with Crippen LogP contribution in [0.15, 0.2) is 0 Å². The molecule has 23 nitrogen and oxygen atoms in total. The van der Waals surface area contributed by atoms with Crippen LogP contribution in [0.25, 0.3) is 0 Å². The molecule has 0 aromatic rings. The number of rotatable bonds is 10. The zero-order valence-electron chi connectivity index (χ0n) is 20.4. The number of hydrogen-bond acceptors (Lipinski definition) is 22. The normalized spacial score (nSPS) is 28.8. The van der Waals surface area contributed by atoms with Crippen LogP contribution in [0.5, 0.6) is 0 Å². The van der Waals surface area contributed by atoms with E-state index >= 15 is 0 Å². The molecule has 1 aliphatic carbocycles. The number of aliphatic hydroxyl groups is 16. The summed E-state index contributed by atoms with van der Waals surface area (Å²) >= 11 is 0. The molecule has 4 unspecified atom stereocenters. The third-order valence-corrected chi connectivity index (χ3v) is 6.58. The number of hydrogen-bond donors (Lipinski definition) is 17. The standard InChI is InChI=1S/C18H27NO22/c1-3(9-11(24,25)10(23)19-12(9,26)27)5(21)6(22)8(41-18(37,38)39)7(4(2)20)40-17(36)15(32,33)13(28,29)14(30,31)16(17,34)35/h3,7-9,24-39H,1-2H3,(H,19,23). The van der Waals surface area contributed by atoms with Crippen molar-refractivity contribution < 1.29 is 110 Å². The molecule has 1 saturated carbocycles. The van der Waals surface area contributed by atoms with E-state index in [-0.39, 0.29) is 0 Å². The number of carbonyl (C=O) groups excluding carboxylic acids is 4. The second-order valence-corrected chi connectivity index (χ2v) is 9.50. The van der Waals surface area contributed by atoms with Gasteiger partial charge in [0.15, 0.2) is 18.0 Å². The lowest BCUT2D eigenvalue weighted by molar-refractivity contribution is -0.486. The Bertz CT molecular complexity index is 1090. The van der Waals surface area contributed by atoms with E-state index < -0.39 is 94.1 Å². The molecule has 2 fully saturated rings. The summed E-state index contributed by atoms with van der Waals surface area (Å²) in [5, 5.41) is 158. The molecule has 2 aliphatic rings. The number of nitrogens with one attached hydrogen (secondary N) is 1. The predicted octanol–water partition coefficient (Wildman–Crippen LogP) is -11.8. The summed E-state index contributed by atoms with van der Waals surface area (Å²) in [5.41, 5.74) is 0. The average Bonchev–Trinajstić information content (AvgIpc) is 2.96. The molecule has 0 aromatic carbocycles. The lowest BCUT2D eigenvalue weighted by Crippen LogP contribution is -2.71. The van der Waals surface area contributed by atoms with Crippen LogP contribution >= 0.6 is 0 Å². The molecule has 0 aromatic heterocycles.